The number of carbonyl (C=O) groups excluding carboxylic acids is 1. The molecule has 0 fully saturated rings. The Hall–Kier alpha value is -2.80. The predicted octanol–water partition coefficient (Wildman–Crippen LogP) is 0.187. The van der Waals surface area contributed by atoms with Crippen LogP contribution in [0.15, 0.2) is 40.2 Å². The molecule has 0 aliphatic rings. The summed E-state index contributed by atoms with van der Waals surface area (Å²) in [6.07, 6.45) is 1.74. The maximum absolute atomic E-state index is 11.3. The molecule has 24 heavy (non-hydrogen) atoms. The van der Waals surface area contributed by atoms with Crippen molar-refractivity contribution >= 4 is 18.1 Å². The minimum atomic E-state index is -1.08. The number of nitrogens with zero attached hydrogens (tertiary/aromatic N) is 2. The largest absolute Gasteiger partial charge is 0.550 e. The third kappa shape index (κ3) is 7.46. The molecule has 0 saturated carbocycles. The monoisotopic (exact) mass is 330 g/mol. The second-order valence-corrected chi connectivity index (χ2v) is 5.49. The van der Waals surface area contributed by atoms with Gasteiger partial charge in [-0.1, -0.05) is 43.2 Å². The van der Waals surface area contributed by atoms with Crippen LogP contribution in [0.25, 0.3) is 0 Å². The minimum Gasteiger partial charge on any atom is -0.550 e. The molecular formula is C17H22N4O3. The van der Waals surface area contributed by atoms with E-state index in [1.54, 1.807) is 18.6 Å². The number of aromatic amines is 1. The lowest BCUT2D eigenvalue weighted by Gasteiger charge is -2.03. The number of aliphatic carboxylic acids is 1. The standard InChI is InChI=1S/C15H18N4O.C2H4O2/c1-10(2)13-6-4-12(5-7-13)9-16-19-15-17-11(3)8-14(20)18-15;1-2(3)4/h4-10H,1-3H3,(H2,17,18,19,20);1H3,(H,3,4). The highest BCUT2D eigenvalue weighted by atomic mass is 16.4. The molecule has 2 aromatic rings. The maximum Gasteiger partial charge on any atom is 0.333 e. The van der Waals surface area contributed by atoms with Gasteiger partial charge in [-0.25, -0.2) is 0 Å². The van der Waals surface area contributed by atoms with Gasteiger partial charge in [0.05, 0.1) is 11.9 Å². The van der Waals surface area contributed by atoms with Gasteiger partial charge in [-0.3, -0.25) is 9.78 Å². The number of nitrogens with one attached hydrogen (secondary N) is 1. The molecule has 0 saturated heterocycles. The summed E-state index contributed by atoms with van der Waals surface area (Å²) in [4.78, 5) is 27.0. The van der Waals surface area contributed by atoms with E-state index in [0.29, 0.717) is 17.6 Å². The molecule has 3 N–H and O–H groups in total. The summed E-state index contributed by atoms with van der Waals surface area (Å²) in [6.45, 7) is 7.08. The lowest BCUT2D eigenvalue weighted by Crippen LogP contribution is -2.72. The summed E-state index contributed by atoms with van der Waals surface area (Å²) >= 11 is 0. The third-order valence-electron chi connectivity index (χ3n) is 2.91. The summed E-state index contributed by atoms with van der Waals surface area (Å²) in [6, 6.07) is 9.70. The van der Waals surface area contributed by atoms with Crippen LogP contribution < -0.4 is 16.1 Å². The van der Waals surface area contributed by atoms with Gasteiger partial charge >= 0.3 is 5.95 Å². The molecule has 0 atom stereocenters. The number of benzene rings is 1. The summed E-state index contributed by atoms with van der Waals surface area (Å²) in [5.41, 5.74) is 4.37. The average Bonchev–Trinajstić information content (AvgIpc) is 2.46. The van der Waals surface area contributed by atoms with Crippen LogP contribution in [-0.2, 0) is 4.79 Å². The highest BCUT2D eigenvalue weighted by Gasteiger charge is 2.01. The van der Waals surface area contributed by atoms with Crippen molar-refractivity contribution in [3.63, 3.8) is 0 Å². The number of carboxylic acid groups (broad SMARTS) is 1. The van der Waals surface area contributed by atoms with Crippen molar-refractivity contribution in [2.24, 2.45) is 5.10 Å². The van der Waals surface area contributed by atoms with Gasteiger partial charge in [-0.15, -0.1) is 0 Å². The smallest absolute Gasteiger partial charge is 0.333 e. The van der Waals surface area contributed by atoms with Gasteiger partial charge in [0.25, 0.3) is 5.56 Å². The molecule has 0 unspecified atom stereocenters. The van der Waals surface area contributed by atoms with Gasteiger partial charge in [0, 0.05) is 12.0 Å². The van der Waals surface area contributed by atoms with Crippen LogP contribution in [0, 0.1) is 6.92 Å². The van der Waals surface area contributed by atoms with Crippen molar-refractivity contribution < 1.29 is 15.3 Å². The molecule has 1 heterocycles. The Morgan fingerprint density at radius 3 is 2.42 bits per heavy atom. The Morgan fingerprint density at radius 2 is 1.92 bits per heavy atom. The van der Waals surface area contributed by atoms with Crippen molar-refractivity contribution in [2.75, 3.05) is 0 Å². The van der Waals surface area contributed by atoms with Gasteiger partial charge < -0.3 is 9.90 Å². The molecule has 0 aliphatic heterocycles. The number of nitrogens with two attached hydrogens (primary N) is 1. The molecule has 0 radical (unpaired) electrons. The van der Waals surface area contributed by atoms with E-state index in [1.807, 2.05) is 12.1 Å². The molecule has 1 aromatic heterocycles. The zero-order valence-electron chi connectivity index (χ0n) is 14.2. The topological polar surface area (TPSA) is 115 Å². The SMILES string of the molecule is CC(=O)[O-].Cc1cc(=O)[nH]c([NH2+]N=Cc2ccc(C(C)C)cc2)n1. The van der Waals surface area contributed by atoms with Crippen molar-refractivity contribution in [2.45, 2.75) is 33.6 Å². The Kier molecular flexibility index (Phi) is 7.51. The molecule has 2 rings (SSSR count). The number of hydrogen-bond donors (Lipinski definition) is 2. The fraction of sp³-hybridized carbons (Fsp3) is 0.294. The number of quaternary nitrogens is 1. The number of H-pyrrole nitrogens is 1. The summed E-state index contributed by atoms with van der Waals surface area (Å²) in [5, 5.41) is 13.1. The zero-order chi connectivity index (χ0) is 18.1. The Morgan fingerprint density at radius 1 is 1.33 bits per heavy atom. The Balaban J connectivity index is 0.000000648. The van der Waals surface area contributed by atoms with Crippen LogP contribution in [-0.4, -0.2) is 22.2 Å². The van der Waals surface area contributed by atoms with E-state index in [9.17, 15) is 4.79 Å². The summed E-state index contributed by atoms with van der Waals surface area (Å²) in [5.74, 6) is -0.0980. The Labute approximate surface area is 140 Å². The van der Waals surface area contributed by atoms with Crippen LogP contribution in [0.4, 0.5) is 5.95 Å². The summed E-state index contributed by atoms with van der Waals surface area (Å²) in [7, 11) is 0. The second kappa shape index (κ2) is 9.36. The molecule has 7 nitrogen and oxygen atoms in total. The van der Waals surface area contributed by atoms with Crippen LogP contribution in [0.1, 0.15) is 43.5 Å². The maximum atomic E-state index is 11.3. The first-order valence-electron chi connectivity index (χ1n) is 7.50. The van der Waals surface area contributed by atoms with Crippen molar-refractivity contribution in [1.29, 1.82) is 0 Å². The van der Waals surface area contributed by atoms with E-state index >= 15 is 0 Å². The van der Waals surface area contributed by atoms with E-state index in [2.05, 4.69) is 41.0 Å². The first-order valence-corrected chi connectivity index (χ1v) is 7.50. The van der Waals surface area contributed by atoms with Crippen molar-refractivity contribution in [3.8, 4) is 0 Å². The molecule has 7 heteroatoms. The zero-order valence-corrected chi connectivity index (χ0v) is 14.2. The van der Waals surface area contributed by atoms with Crippen molar-refractivity contribution in [1.82, 2.24) is 9.97 Å². The minimum absolute atomic E-state index is 0.166. The molecule has 1 aromatic carbocycles. The van der Waals surface area contributed by atoms with Gasteiger partial charge in [0.15, 0.2) is 0 Å². The van der Waals surface area contributed by atoms with E-state index < -0.39 is 5.97 Å². The lowest BCUT2D eigenvalue weighted by molar-refractivity contribution is -0.584. The fourth-order valence-electron chi connectivity index (χ4n) is 1.82. The number of aromatic nitrogens is 2. The van der Waals surface area contributed by atoms with Crippen LogP contribution in [0.2, 0.25) is 0 Å². The van der Waals surface area contributed by atoms with Gasteiger partial charge in [0.1, 0.15) is 0 Å². The number of carboxylic acids is 1. The first-order chi connectivity index (χ1) is 11.3. The molecule has 0 bridgehead atoms. The molecule has 0 spiro atoms. The number of carbonyl (C=O) groups is 1. The van der Waals surface area contributed by atoms with Gasteiger partial charge in [0.2, 0.25) is 0 Å². The van der Waals surface area contributed by atoms with E-state index in [-0.39, 0.29) is 5.56 Å². The van der Waals surface area contributed by atoms with Gasteiger partial charge in [-0.05, 0) is 30.9 Å². The first kappa shape index (κ1) is 19.2. The fourth-order valence-corrected chi connectivity index (χ4v) is 1.82. The van der Waals surface area contributed by atoms with Crippen LogP contribution in [0.3, 0.4) is 0 Å². The Bertz CT molecular complexity index is 745. The summed E-state index contributed by atoms with van der Waals surface area (Å²) < 4.78 is 0. The third-order valence-corrected chi connectivity index (χ3v) is 2.91. The highest BCUT2D eigenvalue weighted by molar-refractivity contribution is 5.78. The van der Waals surface area contributed by atoms with E-state index in [0.717, 1.165) is 12.5 Å². The van der Waals surface area contributed by atoms with Gasteiger partial charge in [-0.2, -0.15) is 10.4 Å². The number of rotatable bonds is 4. The predicted molar refractivity (Wildman–Crippen MR) is 90.0 cm³/mol. The van der Waals surface area contributed by atoms with Crippen LogP contribution in [0.5, 0.6) is 0 Å². The average molecular weight is 330 g/mol. The normalized spacial score (nSPS) is 10.5. The number of hydrogen-bond acceptors (Lipinski definition) is 5. The molecular weight excluding hydrogens is 308 g/mol. The highest BCUT2D eigenvalue weighted by Crippen LogP contribution is 2.13. The molecule has 0 aliphatic carbocycles. The number of aryl methyl sites for hydroxylation is 1. The molecule has 128 valence electrons. The lowest BCUT2D eigenvalue weighted by atomic mass is 10.0. The van der Waals surface area contributed by atoms with Crippen LogP contribution >= 0.6 is 0 Å². The van der Waals surface area contributed by atoms with E-state index in [4.69, 9.17) is 9.90 Å². The molecule has 0 amide bonds. The quantitative estimate of drug-likeness (QED) is 0.473. The van der Waals surface area contributed by atoms with E-state index in [1.165, 1.54) is 11.6 Å². The second-order valence-electron chi connectivity index (χ2n) is 5.49. The van der Waals surface area contributed by atoms with Crippen molar-refractivity contribution in [3.05, 3.63) is 57.5 Å².